The summed E-state index contributed by atoms with van der Waals surface area (Å²) in [6.07, 6.45) is -0.941. The van der Waals surface area contributed by atoms with Crippen LogP contribution in [0.15, 0.2) is 52.9 Å². The summed E-state index contributed by atoms with van der Waals surface area (Å²) in [6, 6.07) is 9.27. The molecule has 0 saturated carbocycles. The first-order valence-electron chi connectivity index (χ1n) is 9.77. The van der Waals surface area contributed by atoms with E-state index in [0.29, 0.717) is 29.1 Å². The molecule has 1 amide bonds. The van der Waals surface area contributed by atoms with E-state index in [9.17, 15) is 14.4 Å². The number of para-hydroxylation sites is 1. The highest BCUT2D eigenvalue weighted by atomic mass is 16.6. The fraction of sp³-hybridized carbons (Fsp3) is 0.381. The second-order valence-corrected chi connectivity index (χ2v) is 7.91. The molecule has 30 heavy (non-hydrogen) atoms. The largest absolute Gasteiger partial charge is 0.449 e. The zero-order valence-electron chi connectivity index (χ0n) is 16.6. The summed E-state index contributed by atoms with van der Waals surface area (Å²) in [6.45, 7) is 2.03. The second kappa shape index (κ2) is 6.41. The number of rotatable bonds is 5. The zero-order valence-corrected chi connectivity index (χ0v) is 16.6. The third kappa shape index (κ3) is 2.39. The van der Waals surface area contributed by atoms with Gasteiger partial charge in [-0.2, -0.15) is 0 Å². The number of methoxy groups -OCH3 is 1. The number of fused-ring (bicyclic) bond motifs is 4. The Bertz CT molecular complexity index is 1030. The highest BCUT2D eigenvalue weighted by molar-refractivity contribution is 6.26. The first-order valence-corrected chi connectivity index (χ1v) is 9.77. The maximum atomic E-state index is 13.6. The number of primary amides is 1. The Balaban J connectivity index is 1.58. The van der Waals surface area contributed by atoms with Crippen LogP contribution in [0.3, 0.4) is 0 Å². The van der Waals surface area contributed by atoms with Crippen molar-refractivity contribution in [1.82, 2.24) is 10.2 Å². The van der Waals surface area contributed by atoms with Crippen LogP contribution >= 0.6 is 0 Å². The molecule has 0 radical (unpaired) electrons. The van der Waals surface area contributed by atoms with Crippen molar-refractivity contribution in [1.29, 1.82) is 0 Å². The summed E-state index contributed by atoms with van der Waals surface area (Å²) in [5.74, 6) is -1.17. The van der Waals surface area contributed by atoms with Gasteiger partial charge >= 0.3 is 6.09 Å². The Morgan fingerprint density at radius 1 is 1.30 bits per heavy atom. The number of hydrogen-bond donors (Lipinski definition) is 3. The van der Waals surface area contributed by atoms with Crippen molar-refractivity contribution in [2.24, 2.45) is 11.7 Å². The van der Waals surface area contributed by atoms with Gasteiger partial charge in [-0.3, -0.25) is 9.59 Å². The van der Waals surface area contributed by atoms with Crippen molar-refractivity contribution in [3.05, 3.63) is 52.9 Å². The molecule has 156 valence electrons. The molecule has 1 aromatic carbocycles. The minimum absolute atomic E-state index is 0.0685. The molecule has 9 heteroatoms. The third-order valence-corrected chi connectivity index (χ3v) is 6.47. The Kier molecular flexibility index (Phi) is 4.03. The van der Waals surface area contributed by atoms with Gasteiger partial charge in [-0.25, -0.2) is 4.79 Å². The van der Waals surface area contributed by atoms with Gasteiger partial charge in [0.2, 0.25) is 11.6 Å². The summed E-state index contributed by atoms with van der Waals surface area (Å²) in [7, 11) is 1.55. The number of ether oxygens (including phenoxy) is 2. The summed E-state index contributed by atoms with van der Waals surface area (Å²) < 4.78 is 11.1. The fourth-order valence-corrected chi connectivity index (χ4v) is 5.11. The number of carbonyl (C=O) groups is 3. The average molecular weight is 410 g/mol. The van der Waals surface area contributed by atoms with Gasteiger partial charge in [-0.05, 0) is 19.1 Å². The van der Waals surface area contributed by atoms with E-state index < -0.39 is 17.7 Å². The number of ketones is 2. The standard InChI is InChI=1S/C21H22N4O5/c1-10-15(23-11-6-4-3-5-7-11)18(27)14-12(9-30-20(22)28)21(29-2)19-13(24-19)8-25(21)16(14)17(10)26/h3-7,12-13,19,23-24H,8-9H2,1-2H3,(H2,22,28)/t12-,13+,19+,21+/m1/s1. The van der Waals surface area contributed by atoms with E-state index in [4.69, 9.17) is 15.2 Å². The molecule has 1 aliphatic carbocycles. The maximum absolute atomic E-state index is 13.6. The fourth-order valence-electron chi connectivity index (χ4n) is 5.11. The van der Waals surface area contributed by atoms with Crippen LogP contribution < -0.4 is 16.4 Å². The second-order valence-electron chi connectivity index (χ2n) is 7.91. The van der Waals surface area contributed by atoms with Gasteiger partial charge in [-0.15, -0.1) is 0 Å². The lowest BCUT2D eigenvalue weighted by Gasteiger charge is -2.39. The Hall–Kier alpha value is -3.17. The molecular formula is C21H22N4O5. The zero-order chi connectivity index (χ0) is 21.2. The molecule has 0 aromatic heterocycles. The van der Waals surface area contributed by atoms with Crippen molar-refractivity contribution in [3.8, 4) is 0 Å². The number of hydrogen-bond acceptors (Lipinski definition) is 8. The number of amides is 1. The molecule has 3 heterocycles. The van der Waals surface area contributed by atoms with E-state index in [0.717, 1.165) is 0 Å². The van der Waals surface area contributed by atoms with Crippen molar-refractivity contribution < 1.29 is 23.9 Å². The minimum atomic E-state index is -0.974. The molecule has 2 saturated heterocycles. The normalized spacial score (nSPS) is 31.5. The predicted molar refractivity (Wildman–Crippen MR) is 106 cm³/mol. The molecule has 4 aliphatic rings. The number of nitrogens with zero attached hydrogens (tertiary/aromatic N) is 1. The van der Waals surface area contributed by atoms with Crippen LogP contribution in [-0.2, 0) is 19.1 Å². The van der Waals surface area contributed by atoms with Gasteiger partial charge in [0.25, 0.3) is 0 Å². The van der Waals surface area contributed by atoms with E-state index in [-0.39, 0.29) is 36.0 Å². The van der Waals surface area contributed by atoms with E-state index in [1.807, 2.05) is 35.2 Å². The van der Waals surface area contributed by atoms with Gasteiger partial charge in [0, 0.05) is 36.5 Å². The molecule has 1 aromatic rings. The number of benzene rings is 1. The molecule has 0 bridgehead atoms. The average Bonchev–Trinajstić information content (AvgIpc) is 3.35. The maximum Gasteiger partial charge on any atom is 0.404 e. The van der Waals surface area contributed by atoms with Crippen molar-refractivity contribution in [2.75, 3.05) is 25.6 Å². The topological polar surface area (TPSA) is 133 Å². The summed E-state index contributed by atoms with van der Waals surface area (Å²) in [4.78, 5) is 40.2. The lowest BCUT2D eigenvalue weighted by atomic mass is 9.82. The van der Waals surface area contributed by atoms with Crippen LogP contribution in [-0.4, -0.2) is 60.6 Å². The van der Waals surface area contributed by atoms with Gasteiger partial charge in [0.05, 0.1) is 23.4 Å². The lowest BCUT2D eigenvalue weighted by Crippen LogP contribution is -2.55. The van der Waals surface area contributed by atoms with Crippen LogP contribution in [0.2, 0.25) is 0 Å². The molecule has 9 nitrogen and oxygen atoms in total. The van der Waals surface area contributed by atoms with Crippen LogP contribution in [0.5, 0.6) is 0 Å². The molecular weight excluding hydrogens is 388 g/mol. The molecule has 4 atom stereocenters. The Morgan fingerprint density at radius 3 is 2.70 bits per heavy atom. The number of carbonyl (C=O) groups excluding carboxylic acids is 3. The van der Waals surface area contributed by atoms with Crippen molar-refractivity contribution >= 4 is 23.3 Å². The summed E-state index contributed by atoms with van der Waals surface area (Å²) in [5, 5.41) is 6.43. The summed E-state index contributed by atoms with van der Waals surface area (Å²) in [5.41, 5.74) is 6.14. The number of anilines is 1. The smallest absolute Gasteiger partial charge is 0.404 e. The van der Waals surface area contributed by atoms with Crippen LogP contribution in [0, 0.1) is 5.92 Å². The highest BCUT2D eigenvalue weighted by Gasteiger charge is 2.72. The van der Waals surface area contributed by atoms with E-state index in [1.165, 1.54) is 0 Å². The number of Topliss-reactive ketones (excluding diaryl/α,β-unsaturated/α-hetero) is 2. The Morgan fingerprint density at radius 2 is 2.03 bits per heavy atom. The third-order valence-electron chi connectivity index (χ3n) is 6.47. The van der Waals surface area contributed by atoms with Gasteiger partial charge in [0.15, 0.2) is 5.72 Å². The molecule has 5 rings (SSSR count). The van der Waals surface area contributed by atoms with E-state index >= 15 is 0 Å². The number of nitrogens with two attached hydrogens (primary N) is 1. The number of nitrogens with one attached hydrogen (secondary N) is 2. The van der Waals surface area contributed by atoms with E-state index in [1.54, 1.807) is 14.0 Å². The monoisotopic (exact) mass is 410 g/mol. The van der Waals surface area contributed by atoms with Gasteiger partial charge in [-0.1, -0.05) is 18.2 Å². The van der Waals surface area contributed by atoms with Crippen LogP contribution in [0.25, 0.3) is 0 Å². The minimum Gasteiger partial charge on any atom is -0.449 e. The lowest BCUT2D eigenvalue weighted by molar-refractivity contribution is -0.137. The molecule has 3 aliphatic heterocycles. The van der Waals surface area contributed by atoms with Crippen LogP contribution in [0.1, 0.15) is 6.92 Å². The molecule has 0 spiro atoms. The first-order chi connectivity index (χ1) is 14.4. The van der Waals surface area contributed by atoms with Crippen LogP contribution in [0.4, 0.5) is 10.5 Å². The van der Waals surface area contributed by atoms with Crippen molar-refractivity contribution in [3.63, 3.8) is 0 Å². The molecule has 0 unspecified atom stereocenters. The Labute approximate surface area is 172 Å². The van der Waals surface area contributed by atoms with Gasteiger partial charge in [0.1, 0.15) is 6.61 Å². The summed E-state index contributed by atoms with van der Waals surface area (Å²) >= 11 is 0. The number of piperazine rings is 1. The van der Waals surface area contributed by atoms with Gasteiger partial charge < -0.3 is 30.7 Å². The molecule has 4 N–H and O–H groups in total. The molecule has 2 fully saturated rings. The highest BCUT2D eigenvalue weighted by Crippen LogP contribution is 2.55. The first kappa shape index (κ1) is 18.8. The predicted octanol–water partition coefficient (Wildman–Crippen LogP) is 0.502. The quantitative estimate of drug-likeness (QED) is 0.472. The van der Waals surface area contributed by atoms with E-state index in [2.05, 4.69) is 10.6 Å². The van der Waals surface area contributed by atoms with Crippen molar-refractivity contribution in [2.45, 2.75) is 24.7 Å². The SMILES string of the molecule is CO[C@]12[C@H](COC(N)=O)C3=C(C(=O)C(C)=C(Nc4ccccc4)C3=O)N1C[C@@H]1N[C@@H]12. The number of allylic oxidation sites excluding steroid dienone is 2.